The van der Waals surface area contributed by atoms with E-state index in [0.29, 0.717) is 0 Å². The van der Waals surface area contributed by atoms with Gasteiger partial charge in [-0.3, -0.25) is 15.6 Å². The molecule has 0 unspecified atom stereocenters. The summed E-state index contributed by atoms with van der Waals surface area (Å²) in [4.78, 5) is 12.2. The Morgan fingerprint density at radius 3 is 2.43 bits per heavy atom. The molecule has 2 rings (SSSR count). The highest BCUT2D eigenvalue weighted by Crippen LogP contribution is 2.16. The summed E-state index contributed by atoms with van der Waals surface area (Å²) in [5, 5.41) is 9.73. The van der Waals surface area contributed by atoms with E-state index in [0.717, 1.165) is 30.5 Å². The fourth-order valence-corrected chi connectivity index (χ4v) is 2.17. The summed E-state index contributed by atoms with van der Waals surface area (Å²) in [5.41, 5.74) is 7.71. The smallest absolute Gasteiger partial charge is 0.273 e. The van der Waals surface area contributed by atoms with Crippen molar-refractivity contribution in [2.75, 3.05) is 0 Å². The zero-order valence-corrected chi connectivity index (χ0v) is 13.3. The molecule has 1 amide bonds. The average molecular weight is 310 g/mol. The Labute approximate surface area is 136 Å². The van der Waals surface area contributed by atoms with Crippen molar-refractivity contribution >= 4 is 11.6 Å². The molecule has 0 fully saturated rings. The first kappa shape index (κ1) is 16.6. The van der Waals surface area contributed by atoms with Crippen molar-refractivity contribution in [1.82, 2.24) is 10.9 Å². The topological polar surface area (TPSA) is 61.4 Å². The van der Waals surface area contributed by atoms with Crippen LogP contribution in [0.5, 0.6) is 5.75 Å². The van der Waals surface area contributed by atoms with Crippen molar-refractivity contribution in [3.05, 3.63) is 71.8 Å². The molecule has 0 aliphatic heterocycles. The van der Waals surface area contributed by atoms with Gasteiger partial charge in [0.1, 0.15) is 5.75 Å². The number of unbranched alkanes of at least 4 members (excludes halogenated alkanes) is 2. The maximum absolute atomic E-state index is 12.2. The van der Waals surface area contributed by atoms with Gasteiger partial charge < -0.3 is 5.11 Å². The van der Waals surface area contributed by atoms with Crippen molar-refractivity contribution < 1.29 is 9.90 Å². The Balaban J connectivity index is 2.08. The van der Waals surface area contributed by atoms with Crippen LogP contribution in [0.2, 0.25) is 0 Å². The zero-order chi connectivity index (χ0) is 16.5. The van der Waals surface area contributed by atoms with Crippen LogP contribution < -0.4 is 10.9 Å². The van der Waals surface area contributed by atoms with Crippen LogP contribution in [-0.2, 0) is 0 Å². The van der Waals surface area contributed by atoms with Crippen molar-refractivity contribution in [1.29, 1.82) is 0 Å². The summed E-state index contributed by atoms with van der Waals surface area (Å²) in [5.74, 6) is -0.413. The van der Waals surface area contributed by atoms with Crippen molar-refractivity contribution in [3.8, 4) is 5.75 Å². The first-order chi connectivity index (χ1) is 11.2. The van der Waals surface area contributed by atoms with E-state index in [1.807, 2.05) is 30.3 Å². The number of nitrogens with one attached hydrogen (secondary N) is 2. The first-order valence-corrected chi connectivity index (χ1v) is 7.82. The molecule has 0 radical (unpaired) electrons. The van der Waals surface area contributed by atoms with E-state index in [9.17, 15) is 9.90 Å². The van der Waals surface area contributed by atoms with Gasteiger partial charge in [0, 0.05) is 0 Å². The molecule has 0 spiro atoms. The van der Waals surface area contributed by atoms with Gasteiger partial charge >= 0.3 is 0 Å². The SMILES string of the molecule is CCCCC=C(NNC(=O)c1ccccc1O)c1ccccc1. The predicted molar refractivity (Wildman–Crippen MR) is 92.7 cm³/mol. The molecule has 2 aromatic carbocycles. The molecule has 0 aliphatic carbocycles. The number of carbonyl (C=O) groups is 1. The molecule has 0 aliphatic rings. The van der Waals surface area contributed by atoms with Crippen LogP contribution in [0, 0.1) is 0 Å². The maximum Gasteiger partial charge on any atom is 0.273 e. The third-order valence-corrected chi connectivity index (χ3v) is 3.45. The highest BCUT2D eigenvalue weighted by atomic mass is 16.3. The van der Waals surface area contributed by atoms with Crippen LogP contribution in [0.3, 0.4) is 0 Å². The van der Waals surface area contributed by atoms with Gasteiger partial charge in [-0.1, -0.05) is 61.9 Å². The summed E-state index contributed by atoms with van der Waals surface area (Å²) < 4.78 is 0. The monoisotopic (exact) mass is 310 g/mol. The highest BCUT2D eigenvalue weighted by molar-refractivity contribution is 5.96. The normalized spacial score (nSPS) is 11.1. The Kier molecular flexibility index (Phi) is 6.24. The van der Waals surface area contributed by atoms with Gasteiger partial charge in [0.05, 0.1) is 11.3 Å². The van der Waals surface area contributed by atoms with Gasteiger partial charge in [0.25, 0.3) is 5.91 Å². The van der Waals surface area contributed by atoms with Gasteiger partial charge in [0.2, 0.25) is 0 Å². The number of hydrogen-bond acceptors (Lipinski definition) is 3. The molecule has 4 nitrogen and oxygen atoms in total. The number of para-hydroxylation sites is 1. The van der Waals surface area contributed by atoms with E-state index < -0.39 is 0 Å². The van der Waals surface area contributed by atoms with Gasteiger partial charge in [-0.2, -0.15) is 0 Å². The Morgan fingerprint density at radius 1 is 1.04 bits per heavy atom. The number of phenolic OH excluding ortho intramolecular Hbond substituents is 1. The number of phenols is 1. The minimum Gasteiger partial charge on any atom is -0.507 e. The molecule has 0 aromatic heterocycles. The lowest BCUT2D eigenvalue weighted by molar-refractivity contribution is 0.0939. The predicted octanol–water partition coefficient (Wildman–Crippen LogP) is 3.86. The van der Waals surface area contributed by atoms with Crippen molar-refractivity contribution in [2.24, 2.45) is 0 Å². The Hall–Kier alpha value is -2.75. The molecule has 120 valence electrons. The fourth-order valence-electron chi connectivity index (χ4n) is 2.17. The molecule has 2 aromatic rings. The fraction of sp³-hybridized carbons (Fsp3) is 0.211. The molecule has 4 heteroatoms. The van der Waals surface area contributed by atoms with Crippen LogP contribution in [0.1, 0.15) is 42.1 Å². The van der Waals surface area contributed by atoms with E-state index in [2.05, 4.69) is 23.9 Å². The lowest BCUT2D eigenvalue weighted by Crippen LogP contribution is -2.36. The van der Waals surface area contributed by atoms with Crippen LogP contribution >= 0.6 is 0 Å². The Morgan fingerprint density at radius 2 is 1.74 bits per heavy atom. The summed E-state index contributed by atoms with van der Waals surface area (Å²) in [7, 11) is 0. The molecule has 3 N–H and O–H groups in total. The first-order valence-electron chi connectivity index (χ1n) is 7.82. The van der Waals surface area contributed by atoms with Gasteiger partial charge in [-0.15, -0.1) is 0 Å². The zero-order valence-electron chi connectivity index (χ0n) is 13.3. The second kappa shape index (κ2) is 8.63. The molecular weight excluding hydrogens is 288 g/mol. The number of rotatable bonds is 7. The minimum atomic E-state index is -0.375. The third-order valence-electron chi connectivity index (χ3n) is 3.45. The Bertz CT molecular complexity index is 666. The molecule has 0 saturated heterocycles. The van der Waals surface area contributed by atoms with Gasteiger partial charge in [-0.25, -0.2) is 0 Å². The van der Waals surface area contributed by atoms with Gasteiger partial charge in [0.15, 0.2) is 0 Å². The average Bonchev–Trinajstić information content (AvgIpc) is 2.59. The van der Waals surface area contributed by atoms with Crippen molar-refractivity contribution in [3.63, 3.8) is 0 Å². The summed E-state index contributed by atoms with van der Waals surface area (Å²) in [6.07, 6.45) is 5.21. The number of hydrogen-bond donors (Lipinski definition) is 3. The molecule has 0 heterocycles. The number of allylic oxidation sites excluding steroid dienone is 1. The maximum atomic E-state index is 12.2. The van der Waals surface area contributed by atoms with E-state index in [4.69, 9.17) is 0 Å². The van der Waals surface area contributed by atoms with E-state index in [1.54, 1.807) is 18.2 Å². The lowest BCUT2D eigenvalue weighted by Gasteiger charge is -2.13. The molecule has 23 heavy (non-hydrogen) atoms. The van der Waals surface area contributed by atoms with E-state index >= 15 is 0 Å². The van der Waals surface area contributed by atoms with Crippen molar-refractivity contribution in [2.45, 2.75) is 26.2 Å². The number of hydrazine groups is 1. The van der Waals surface area contributed by atoms with Crippen LogP contribution in [0.15, 0.2) is 60.7 Å². The summed E-state index contributed by atoms with van der Waals surface area (Å²) >= 11 is 0. The van der Waals surface area contributed by atoms with Crippen LogP contribution in [0.4, 0.5) is 0 Å². The number of carbonyl (C=O) groups excluding carboxylic acids is 1. The molecule has 0 bridgehead atoms. The number of amides is 1. The number of benzene rings is 2. The highest BCUT2D eigenvalue weighted by Gasteiger charge is 2.10. The summed E-state index contributed by atoms with van der Waals surface area (Å²) in [6, 6.07) is 16.3. The molecular formula is C19H22N2O2. The quantitative estimate of drug-likeness (QED) is 0.537. The minimum absolute atomic E-state index is 0.0389. The largest absolute Gasteiger partial charge is 0.507 e. The number of aromatic hydroxyl groups is 1. The molecule has 0 atom stereocenters. The standard InChI is InChI=1S/C19H22N2O2/c1-2-3-5-13-17(15-10-6-4-7-11-15)20-21-19(23)16-12-8-9-14-18(16)22/h4,6-14,20,22H,2-3,5H2,1H3,(H,21,23). The van der Waals surface area contributed by atoms with Gasteiger partial charge in [-0.05, 0) is 30.5 Å². The molecule has 0 saturated carbocycles. The van der Waals surface area contributed by atoms with E-state index in [-0.39, 0.29) is 17.2 Å². The lowest BCUT2D eigenvalue weighted by atomic mass is 10.1. The van der Waals surface area contributed by atoms with Crippen LogP contribution in [0.25, 0.3) is 5.70 Å². The summed E-state index contributed by atoms with van der Waals surface area (Å²) in [6.45, 7) is 2.14. The second-order valence-corrected chi connectivity index (χ2v) is 5.22. The second-order valence-electron chi connectivity index (χ2n) is 5.22. The van der Waals surface area contributed by atoms with Crippen LogP contribution in [-0.4, -0.2) is 11.0 Å². The van der Waals surface area contributed by atoms with E-state index in [1.165, 1.54) is 6.07 Å². The third kappa shape index (κ3) is 4.88.